The number of aromatic amines is 1. The Balaban J connectivity index is 1.38. The molecule has 0 radical (unpaired) electrons. The van der Waals surface area contributed by atoms with Gasteiger partial charge in [-0.3, -0.25) is 9.59 Å². The lowest BCUT2D eigenvalue weighted by atomic mass is 10.0. The maximum Gasteiger partial charge on any atom is 0.242 e. The molecule has 0 unspecified atom stereocenters. The molecule has 40 heavy (non-hydrogen) atoms. The van der Waals surface area contributed by atoms with Crippen LogP contribution in [0.5, 0.6) is 5.75 Å². The summed E-state index contributed by atoms with van der Waals surface area (Å²) in [6.07, 6.45) is 4.29. The number of fused-ring (bicyclic) bond motifs is 2. The molecule has 1 atom stereocenters. The average Bonchev–Trinajstić information content (AvgIpc) is 3.25. The molecule has 1 aromatic heterocycles. The van der Waals surface area contributed by atoms with E-state index in [1.165, 1.54) is 10.8 Å². The minimum Gasteiger partial charge on any atom is -0.497 e. The van der Waals surface area contributed by atoms with Crippen molar-refractivity contribution in [2.45, 2.75) is 64.8 Å². The Kier molecular flexibility index (Phi) is 9.95. The van der Waals surface area contributed by atoms with Crippen LogP contribution in [0.3, 0.4) is 0 Å². The first-order valence-electron chi connectivity index (χ1n) is 14.0. The molecule has 1 heterocycles. The molecule has 0 fully saturated rings. The van der Waals surface area contributed by atoms with E-state index >= 15 is 0 Å². The number of rotatable bonds is 14. The fraction of sp³-hybridized carbons (Fsp3) is 0.364. The van der Waals surface area contributed by atoms with Crippen molar-refractivity contribution in [3.8, 4) is 5.75 Å². The van der Waals surface area contributed by atoms with Gasteiger partial charge in [0.2, 0.25) is 11.8 Å². The summed E-state index contributed by atoms with van der Waals surface area (Å²) < 4.78 is 5.37. The first-order chi connectivity index (χ1) is 19.3. The molecule has 0 aliphatic carbocycles. The van der Waals surface area contributed by atoms with Gasteiger partial charge in [0.05, 0.1) is 13.5 Å². The van der Waals surface area contributed by atoms with E-state index in [-0.39, 0.29) is 24.0 Å². The number of aromatic nitrogens is 1. The molecule has 3 aromatic carbocycles. The third kappa shape index (κ3) is 7.72. The van der Waals surface area contributed by atoms with Crippen molar-refractivity contribution in [2.75, 3.05) is 13.7 Å². The smallest absolute Gasteiger partial charge is 0.242 e. The van der Waals surface area contributed by atoms with Crippen LogP contribution in [-0.4, -0.2) is 42.3 Å². The zero-order chi connectivity index (χ0) is 28.5. The molecule has 0 spiro atoms. The fourth-order valence-electron chi connectivity index (χ4n) is 5.14. The van der Waals surface area contributed by atoms with Crippen LogP contribution in [0.4, 0.5) is 0 Å². The lowest BCUT2D eigenvalue weighted by Crippen LogP contribution is -2.47. The summed E-state index contributed by atoms with van der Waals surface area (Å²) in [5.74, 6) is 0.507. The maximum absolute atomic E-state index is 13.2. The number of ether oxygens (including phenoxy) is 1. The second kappa shape index (κ2) is 13.8. The number of carbonyl (C=O) groups is 3. The number of aryl methyl sites for hydroxylation is 1. The molecule has 0 aliphatic heterocycles. The molecule has 4 rings (SSSR count). The van der Waals surface area contributed by atoms with Crippen LogP contribution in [0.25, 0.3) is 21.7 Å². The summed E-state index contributed by atoms with van der Waals surface area (Å²) in [7, 11) is 1.62. The Bertz CT molecular complexity index is 1490. The van der Waals surface area contributed by atoms with Crippen molar-refractivity contribution in [3.05, 3.63) is 77.5 Å². The summed E-state index contributed by atoms with van der Waals surface area (Å²) >= 11 is 0. The molecule has 0 saturated carbocycles. The minimum absolute atomic E-state index is 0.157. The topological polar surface area (TPSA) is 100 Å². The van der Waals surface area contributed by atoms with Gasteiger partial charge >= 0.3 is 0 Å². The molecule has 0 aliphatic rings. The Morgan fingerprint density at radius 1 is 0.950 bits per heavy atom. The zero-order valence-corrected chi connectivity index (χ0v) is 23.6. The standard InChI is InChI=1S/C33H39N3O4/c1-22(37)9-5-4-6-12-31(33(39)34-18-17-24-13-14-25-10-7-8-11-26(25)19-24)36-32(38)21-28-23(2)35-30-16-15-27(40-3)20-29(28)30/h7-8,10-11,13-16,19-20,31,35H,4-6,9,12,17-18,21H2,1-3H3,(H,34,39)(H,36,38)/t31-/m0/s1. The normalized spacial score (nSPS) is 11.9. The van der Waals surface area contributed by atoms with E-state index in [0.717, 1.165) is 52.7 Å². The van der Waals surface area contributed by atoms with Crippen molar-refractivity contribution >= 4 is 39.3 Å². The van der Waals surface area contributed by atoms with Crippen molar-refractivity contribution in [1.29, 1.82) is 0 Å². The predicted octanol–water partition coefficient (Wildman–Crippen LogP) is 5.56. The minimum atomic E-state index is -0.638. The molecule has 7 nitrogen and oxygen atoms in total. The van der Waals surface area contributed by atoms with E-state index in [2.05, 4.69) is 45.9 Å². The number of nitrogens with one attached hydrogen (secondary N) is 3. The number of ketones is 1. The highest BCUT2D eigenvalue weighted by molar-refractivity contribution is 5.93. The Labute approximate surface area is 235 Å². The molecule has 3 N–H and O–H groups in total. The third-order valence-electron chi connectivity index (χ3n) is 7.36. The lowest BCUT2D eigenvalue weighted by molar-refractivity contribution is -0.128. The average molecular weight is 542 g/mol. The Hall–Kier alpha value is -4.13. The van der Waals surface area contributed by atoms with Gasteiger partial charge in [0, 0.05) is 29.6 Å². The fourth-order valence-corrected chi connectivity index (χ4v) is 5.14. The van der Waals surface area contributed by atoms with E-state index in [1.807, 2.05) is 37.3 Å². The van der Waals surface area contributed by atoms with Gasteiger partial charge < -0.3 is 25.1 Å². The Morgan fingerprint density at radius 2 is 1.75 bits per heavy atom. The number of hydrogen-bond acceptors (Lipinski definition) is 4. The largest absolute Gasteiger partial charge is 0.497 e. The number of benzene rings is 3. The SMILES string of the molecule is COc1ccc2[nH]c(C)c(CC(=O)N[C@@H](CCCCCC(C)=O)C(=O)NCCc3ccc4ccccc4c3)c2c1. The monoisotopic (exact) mass is 541 g/mol. The molecule has 4 aromatic rings. The van der Waals surface area contributed by atoms with E-state index in [9.17, 15) is 14.4 Å². The van der Waals surface area contributed by atoms with Crippen LogP contribution in [0, 0.1) is 6.92 Å². The number of H-pyrrole nitrogens is 1. The van der Waals surface area contributed by atoms with E-state index in [0.29, 0.717) is 25.8 Å². The third-order valence-corrected chi connectivity index (χ3v) is 7.36. The number of unbranched alkanes of at least 4 members (excludes halogenated alkanes) is 2. The zero-order valence-electron chi connectivity index (χ0n) is 23.6. The number of Topliss-reactive ketones (excluding diaryl/α,β-unsaturated/α-hetero) is 1. The number of amides is 2. The maximum atomic E-state index is 13.2. The predicted molar refractivity (Wildman–Crippen MR) is 160 cm³/mol. The van der Waals surface area contributed by atoms with Gasteiger partial charge in [0.1, 0.15) is 17.6 Å². The van der Waals surface area contributed by atoms with E-state index in [4.69, 9.17) is 4.74 Å². The van der Waals surface area contributed by atoms with E-state index in [1.54, 1.807) is 14.0 Å². The van der Waals surface area contributed by atoms with Gasteiger partial charge in [-0.25, -0.2) is 0 Å². The van der Waals surface area contributed by atoms with Crippen LogP contribution in [0.1, 0.15) is 55.8 Å². The summed E-state index contributed by atoms with van der Waals surface area (Å²) in [5, 5.41) is 9.31. The summed E-state index contributed by atoms with van der Waals surface area (Å²) in [6, 6.07) is 19.6. The van der Waals surface area contributed by atoms with Gasteiger partial charge in [-0.1, -0.05) is 55.3 Å². The molecular weight excluding hydrogens is 502 g/mol. The second-order valence-electron chi connectivity index (χ2n) is 10.5. The van der Waals surface area contributed by atoms with Crippen molar-refractivity contribution in [3.63, 3.8) is 0 Å². The van der Waals surface area contributed by atoms with Crippen LogP contribution in [0.2, 0.25) is 0 Å². The number of carbonyl (C=O) groups excluding carboxylic acids is 3. The molecule has 7 heteroatoms. The first-order valence-corrected chi connectivity index (χ1v) is 14.0. The summed E-state index contributed by atoms with van der Waals surface area (Å²) in [5.41, 5.74) is 3.89. The number of hydrogen-bond donors (Lipinski definition) is 3. The van der Waals surface area contributed by atoms with Crippen LogP contribution in [-0.2, 0) is 27.2 Å². The van der Waals surface area contributed by atoms with Gasteiger partial charge in [-0.05, 0) is 73.2 Å². The highest BCUT2D eigenvalue weighted by Gasteiger charge is 2.22. The molecule has 210 valence electrons. The van der Waals surface area contributed by atoms with Crippen molar-refractivity contribution in [2.24, 2.45) is 0 Å². The molecule has 0 saturated heterocycles. The quantitative estimate of drug-likeness (QED) is 0.182. The van der Waals surface area contributed by atoms with Crippen molar-refractivity contribution < 1.29 is 19.1 Å². The first kappa shape index (κ1) is 28.9. The molecular formula is C33H39N3O4. The van der Waals surface area contributed by atoms with Gasteiger partial charge in [0.15, 0.2) is 0 Å². The van der Waals surface area contributed by atoms with Gasteiger partial charge in [0.25, 0.3) is 0 Å². The van der Waals surface area contributed by atoms with Crippen LogP contribution in [0.15, 0.2) is 60.7 Å². The Morgan fingerprint density at radius 3 is 2.52 bits per heavy atom. The second-order valence-corrected chi connectivity index (χ2v) is 10.5. The number of methoxy groups -OCH3 is 1. The summed E-state index contributed by atoms with van der Waals surface area (Å²) in [4.78, 5) is 41.0. The molecule has 0 bridgehead atoms. The highest BCUT2D eigenvalue weighted by atomic mass is 16.5. The highest BCUT2D eigenvalue weighted by Crippen LogP contribution is 2.27. The van der Waals surface area contributed by atoms with Gasteiger partial charge in [-0.15, -0.1) is 0 Å². The van der Waals surface area contributed by atoms with Crippen LogP contribution >= 0.6 is 0 Å². The van der Waals surface area contributed by atoms with Crippen LogP contribution < -0.4 is 15.4 Å². The molecule has 2 amide bonds. The van der Waals surface area contributed by atoms with E-state index < -0.39 is 6.04 Å². The van der Waals surface area contributed by atoms with Crippen molar-refractivity contribution in [1.82, 2.24) is 15.6 Å². The lowest BCUT2D eigenvalue weighted by Gasteiger charge is -2.19. The summed E-state index contributed by atoms with van der Waals surface area (Å²) in [6.45, 7) is 4.02. The van der Waals surface area contributed by atoms with Gasteiger partial charge in [-0.2, -0.15) is 0 Å².